The van der Waals surface area contributed by atoms with Crippen LogP contribution in [0.25, 0.3) is 11.0 Å². The largest absolute Gasteiger partial charge is 0.338 e. The smallest absolute Gasteiger partial charge is 0.315 e. The van der Waals surface area contributed by atoms with Crippen molar-refractivity contribution in [2.45, 2.75) is 31.7 Å². The molecule has 0 bridgehead atoms. The average molecular weight is 335 g/mol. The lowest BCUT2D eigenvalue weighted by Gasteiger charge is -2.25. The third-order valence-corrected chi connectivity index (χ3v) is 4.77. The maximum Gasteiger partial charge on any atom is 0.315 e. The molecule has 0 aliphatic heterocycles. The number of hydrogen-bond donors (Lipinski definition) is 3. The van der Waals surface area contributed by atoms with E-state index in [1.54, 1.807) is 0 Å². The van der Waals surface area contributed by atoms with Gasteiger partial charge in [-0.15, -0.1) is 0 Å². The van der Waals surface area contributed by atoms with Gasteiger partial charge in [0.05, 0.1) is 6.20 Å². The van der Waals surface area contributed by atoms with E-state index in [-0.39, 0.29) is 12.1 Å². The van der Waals surface area contributed by atoms with Crippen molar-refractivity contribution in [2.24, 2.45) is 0 Å². The number of fused-ring (bicyclic) bond motifs is 3. The van der Waals surface area contributed by atoms with Crippen LogP contribution in [0, 0.1) is 0 Å². The molecule has 1 aliphatic carbocycles. The zero-order valence-corrected chi connectivity index (χ0v) is 14.0. The molecule has 4 rings (SSSR count). The molecule has 3 aromatic rings. The Morgan fingerprint density at radius 2 is 2.12 bits per heavy atom. The van der Waals surface area contributed by atoms with Crippen molar-refractivity contribution in [3.05, 3.63) is 59.4 Å². The summed E-state index contributed by atoms with van der Waals surface area (Å²) in [6.07, 6.45) is 7.26. The molecule has 0 spiro atoms. The molecular formula is C19H21N5O. The highest BCUT2D eigenvalue weighted by Crippen LogP contribution is 2.26. The summed E-state index contributed by atoms with van der Waals surface area (Å²) >= 11 is 0. The van der Waals surface area contributed by atoms with Crippen LogP contribution in [0.5, 0.6) is 0 Å². The number of aromatic amines is 1. The summed E-state index contributed by atoms with van der Waals surface area (Å²) in [5.74, 6) is 0. The molecule has 0 saturated carbocycles. The number of aromatic nitrogens is 3. The monoisotopic (exact) mass is 335 g/mol. The van der Waals surface area contributed by atoms with E-state index in [0.29, 0.717) is 6.54 Å². The molecule has 1 unspecified atom stereocenters. The highest BCUT2D eigenvalue weighted by molar-refractivity contribution is 5.79. The third-order valence-electron chi connectivity index (χ3n) is 4.77. The Bertz CT molecular complexity index is 874. The first kappa shape index (κ1) is 15.6. The molecule has 0 saturated heterocycles. The van der Waals surface area contributed by atoms with E-state index in [2.05, 4.69) is 37.9 Å². The van der Waals surface area contributed by atoms with E-state index < -0.39 is 0 Å². The van der Waals surface area contributed by atoms with Crippen LogP contribution in [-0.4, -0.2) is 33.8 Å². The lowest BCUT2D eigenvalue weighted by molar-refractivity contribution is 0.235. The van der Waals surface area contributed by atoms with Gasteiger partial charge in [-0.25, -0.2) is 9.78 Å². The maximum atomic E-state index is 12.1. The molecule has 6 heteroatoms. The molecule has 1 aromatic carbocycles. The molecule has 3 N–H and O–H groups in total. The summed E-state index contributed by atoms with van der Waals surface area (Å²) in [4.78, 5) is 16.5. The van der Waals surface area contributed by atoms with Gasteiger partial charge in [0.1, 0.15) is 0 Å². The predicted molar refractivity (Wildman–Crippen MR) is 96.4 cm³/mol. The van der Waals surface area contributed by atoms with Crippen molar-refractivity contribution in [1.29, 1.82) is 0 Å². The van der Waals surface area contributed by atoms with Gasteiger partial charge >= 0.3 is 6.03 Å². The fourth-order valence-corrected chi connectivity index (χ4v) is 3.47. The number of nitrogens with zero attached hydrogens (tertiary/aromatic N) is 2. The van der Waals surface area contributed by atoms with Crippen molar-refractivity contribution in [3.63, 3.8) is 0 Å². The molecule has 1 aliphatic rings. The second-order valence-electron chi connectivity index (χ2n) is 6.47. The minimum Gasteiger partial charge on any atom is -0.338 e. The van der Waals surface area contributed by atoms with E-state index in [1.807, 2.05) is 30.6 Å². The first-order chi connectivity index (χ1) is 12.3. The normalized spacial score (nSPS) is 16.4. The second-order valence-corrected chi connectivity index (χ2v) is 6.47. The number of amides is 2. The second kappa shape index (κ2) is 6.93. The number of urea groups is 1. The minimum atomic E-state index is -0.0956. The Hall–Kier alpha value is -2.89. The molecule has 2 amide bonds. The Labute approximate surface area is 146 Å². The van der Waals surface area contributed by atoms with Crippen LogP contribution >= 0.6 is 0 Å². The van der Waals surface area contributed by atoms with Gasteiger partial charge < -0.3 is 10.6 Å². The molecule has 1 atom stereocenters. The summed E-state index contributed by atoms with van der Waals surface area (Å²) in [6, 6.07) is 10.2. The van der Waals surface area contributed by atoms with E-state index in [9.17, 15) is 4.79 Å². The van der Waals surface area contributed by atoms with E-state index >= 15 is 0 Å². The molecule has 0 fully saturated rings. The number of H-pyrrole nitrogens is 1. The zero-order chi connectivity index (χ0) is 17.1. The van der Waals surface area contributed by atoms with Crippen LogP contribution in [0.15, 0.2) is 42.7 Å². The van der Waals surface area contributed by atoms with Crippen molar-refractivity contribution in [2.75, 3.05) is 6.54 Å². The van der Waals surface area contributed by atoms with Crippen molar-refractivity contribution >= 4 is 17.1 Å². The number of carbonyl (C=O) groups excluding carboxylic acids is 1. The summed E-state index contributed by atoms with van der Waals surface area (Å²) in [5.41, 5.74) is 4.57. The van der Waals surface area contributed by atoms with Crippen molar-refractivity contribution in [3.8, 4) is 0 Å². The molecule has 6 nitrogen and oxygen atoms in total. The Morgan fingerprint density at radius 1 is 1.24 bits per heavy atom. The molecule has 2 heterocycles. The Balaban J connectivity index is 1.30. The molecule has 128 valence electrons. The van der Waals surface area contributed by atoms with Gasteiger partial charge in [0.25, 0.3) is 0 Å². The molecule has 0 radical (unpaired) electrons. The highest BCUT2D eigenvalue weighted by atomic mass is 16.2. The van der Waals surface area contributed by atoms with Crippen LogP contribution in [0.3, 0.4) is 0 Å². The van der Waals surface area contributed by atoms with Gasteiger partial charge in [-0.05, 0) is 42.4 Å². The Morgan fingerprint density at radius 3 is 3.00 bits per heavy atom. The predicted octanol–water partition coefficient (Wildman–Crippen LogP) is 2.36. The topological polar surface area (TPSA) is 82.7 Å². The number of nitrogens with one attached hydrogen (secondary N) is 3. The van der Waals surface area contributed by atoms with Gasteiger partial charge in [0, 0.05) is 24.2 Å². The summed E-state index contributed by atoms with van der Waals surface area (Å²) in [7, 11) is 0. The van der Waals surface area contributed by atoms with E-state index in [1.165, 1.54) is 16.7 Å². The number of rotatable bonds is 4. The van der Waals surface area contributed by atoms with Gasteiger partial charge in [0.15, 0.2) is 5.65 Å². The first-order valence-electron chi connectivity index (χ1n) is 8.68. The van der Waals surface area contributed by atoms with Crippen molar-refractivity contribution in [1.82, 2.24) is 25.8 Å². The van der Waals surface area contributed by atoms with Gasteiger partial charge in [-0.2, -0.15) is 5.10 Å². The fourth-order valence-electron chi connectivity index (χ4n) is 3.47. The molecular weight excluding hydrogens is 314 g/mol. The molecule has 25 heavy (non-hydrogen) atoms. The van der Waals surface area contributed by atoms with Crippen LogP contribution in [0.2, 0.25) is 0 Å². The fraction of sp³-hybridized carbons (Fsp3) is 0.316. The lowest BCUT2D eigenvalue weighted by Crippen LogP contribution is -2.45. The quantitative estimate of drug-likeness (QED) is 0.684. The van der Waals surface area contributed by atoms with Crippen LogP contribution in [0.1, 0.15) is 23.1 Å². The van der Waals surface area contributed by atoms with Crippen LogP contribution < -0.4 is 10.6 Å². The number of carbonyl (C=O) groups is 1. The third kappa shape index (κ3) is 3.47. The van der Waals surface area contributed by atoms with E-state index in [4.69, 9.17) is 0 Å². The molecule has 2 aromatic heterocycles. The highest BCUT2D eigenvalue weighted by Gasteiger charge is 2.22. The number of pyridine rings is 1. The van der Waals surface area contributed by atoms with Gasteiger partial charge in [0.2, 0.25) is 0 Å². The lowest BCUT2D eigenvalue weighted by atomic mass is 9.88. The first-order valence-corrected chi connectivity index (χ1v) is 8.68. The minimum absolute atomic E-state index is 0.0956. The number of hydrogen-bond acceptors (Lipinski definition) is 3. The standard InChI is InChI=1S/C19H21N5O/c25-19(20-9-8-13-4-2-1-3-5-13)23-15-6-7-16-14(10-15)11-21-18-17(16)12-22-24-18/h1-5,11-12,15H,6-10H2,(H2,20,23,25)(H,21,22,24). The van der Waals surface area contributed by atoms with Gasteiger partial charge in [-0.3, -0.25) is 5.10 Å². The maximum absolute atomic E-state index is 12.1. The van der Waals surface area contributed by atoms with E-state index in [0.717, 1.165) is 36.7 Å². The Kier molecular flexibility index (Phi) is 4.33. The van der Waals surface area contributed by atoms with Crippen molar-refractivity contribution < 1.29 is 4.79 Å². The van der Waals surface area contributed by atoms with Crippen LogP contribution in [-0.2, 0) is 19.3 Å². The summed E-state index contributed by atoms with van der Waals surface area (Å²) in [6.45, 7) is 0.635. The SMILES string of the molecule is O=C(NCCc1ccccc1)NC1CCc2c(cnc3[nH]ncc23)C1. The number of benzene rings is 1. The average Bonchev–Trinajstić information content (AvgIpc) is 3.11. The summed E-state index contributed by atoms with van der Waals surface area (Å²) < 4.78 is 0. The number of aryl methyl sites for hydroxylation is 1. The summed E-state index contributed by atoms with van der Waals surface area (Å²) in [5, 5.41) is 14.1. The van der Waals surface area contributed by atoms with Gasteiger partial charge in [-0.1, -0.05) is 30.3 Å². The van der Waals surface area contributed by atoms with Crippen LogP contribution in [0.4, 0.5) is 4.79 Å². The zero-order valence-electron chi connectivity index (χ0n) is 14.0.